The largest absolute Gasteiger partial charge is 0.361 e. The van der Waals surface area contributed by atoms with Gasteiger partial charge in [-0.2, -0.15) is 0 Å². The van der Waals surface area contributed by atoms with Crippen LogP contribution in [0.1, 0.15) is 11.3 Å². The summed E-state index contributed by atoms with van der Waals surface area (Å²) in [7, 11) is 0. The zero-order valence-electron chi connectivity index (χ0n) is 10.5. The smallest absolute Gasteiger partial charge is 0.0629 e. The van der Waals surface area contributed by atoms with E-state index >= 15 is 0 Å². The van der Waals surface area contributed by atoms with Crippen LogP contribution in [-0.2, 0) is 0 Å². The van der Waals surface area contributed by atoms with Crippen molar-refractivity contribution in [3.8, 4) is 0 Å². The summed E-state index contributed by atoms with van der Waals surface area (Å²) in [6.45, 7) is 0. The van der Waals surface area contributed by atoms with Gasteiger partial charge in [0, 0.05) is 17.9 Å². The molecule has 1 aromatic carbocycles. The normalized spacial score (nSPS) is 11.8. The Bertz CT molecular complexity index is 721. The lowest BCUT2D eigenvalue weighted by molar-refractivity contribution is 1.30. The van der Waals surface area contributed by atoms with Crippen molar-refractivity contribution in [3.05, 3.63) is 78.3 Å². The van der Waals surface area contributed by atoms with Gasteiger partial charge in [0.15, 0.2) is 0 Å². The minimum absolute atomic E-state index is 0.965. The van der Waals surface area contributed by atoms with E-state index in [1.807, 2.05) is 42.6 Å². The molecule has 0 spiro atoms. The SMILES string of the molecule is C(C=Cc1ccccn1)=Cc1ccc2cc[nH]c2c1. The van der Waals surface area contributed by atoms with E-state index in [2.05, 4.69) is 40.3 Å². The molecule has 0 aliphatic rings. The molecule has 0 unspecified atom stereocenters. The van der Waals surface area contributed by atoms with E-state index in [4.69, 9.17) is 0 Å². The molecule has 0 saturated heterocycles. The van der Waals surface area contributed by atoms with Crippen LogP contribution in [0.2, 0.25) is 0 Å². The molecule has 2 heteroatoms. The second kappa shape index (κ2) is 5.36. The van der Waals surface area contributed by atoms with Crippen molar-refractivity contribution in [1.82, 2.24) is 9.97 Å². The van der Waals surface area contributed by atoms with Gasteiger partial charge in [0.1, 0.15) is 0 Å². The molecule has 3 rings (SSSR count). The third-order valence-corrected chi connectivity index (χ3v) is 2.93. The fourth-order valence-corrected chi connectivity index (χ4v) is 1.96. The molecular formula is C17H14N2. The predicted octanol–water partition coefficient (Wildman–Crippen LogP) is 4.29. The highest BCUT2D eigenvalue weighted by Crippen LogP contribution is 2.15. The first-order valence-electron chi connectivity index (χ1n) is 6.25. The van der Waals surface area contributed by atoms with Gasteiger partial charge < -0.3 is 4.98 Å². The van der Waals surface area contributed by atoms with Gasteiger partial charge in [-0.1, -0.05) is 36.4 Å². The van der Waals surface area contributed by atoms with Crippen LogP contribution >= 0.6 is 0 Å². The van der Waals surface area contributed by atoms with Crippen LogP contribution in [0.4, 0.5) is 0 Å². The second-order valence-corrected chi connectivity index (χ2v) is 4.30. The topological polar surface area (TPSA) is 28.7 Å². The first-order valence-corrected chi connectivity index (χ1v) is 6.25. The number of aromatic amines is 1. The van der Waals surface area contributed by atoms with Crippen molar-refractivity contribution in [2.45, 2.75) is 0 Å². The minimum atomic E-state index is 0.965. The summed E-state index contributed by atoms with van der Waals surface area (Å²) in [5.74, 6) is 0. The maximum absolute atomic E-state index is 4.23. The van der Waals surface area contributed by atoms with Gasteiger partial charge in [0.05, 0.1) is 5.69 Å². The summed E-state index contributed by atoms with van der Waals surface area (Å²) >= 11 is 0. The number of fused-ring (bicyclic) bond motifs is 1. The number of aromatic nitrogens is 2. The number of rotatable bonds is 3. The standard InChI is InChI=1S/C17H14N2/c1(2-6-16-7-3-4-11-18-16)5-14-8-9-15-10-12-19-17(15)13-14/h1-13,19H. The lowest BCUT2D eigenvalue weighted by atomic mass is 10.1. The molecule has 0 aliphatic carbocycles. The molecule has 0 aliphatic heterocycles. The van der Waals surface area contributed by atoms with Crippen LogP contribution in [0.15, 0.2) is 67.0 Å². The second-order valence-electron chi connectivity index (χ2n) is 4.30. The van der Waals surface area contributed by atoms with Crippen molar-refractivity contribution >= 4 is 23.1 Å². The minimum Gasteiger partial charge on any atom is -0.361 e. The highest BCUT2D eigenvalue weighted by Gasteiger charge is 1.93. The van der Waals surface area contributed by atoms with E-state index in [0.717, 1.165) is 11.2 Å². The van der Waals surface area contributed by atoms with Crippen molar-refractivity contribution in [3.63, 3.8) is 0 Å². The zero-order valence-corrected chi connectivity index (χ0v) is 10.5. The maximum atomic E-state index is 4.23. The molecule has 0 amide bonds. The Hall–Kier alpha value is -2.61. The molecule has 92 valence electrons. The molecule has 1 N–H and O–H groups in total. The highest BCUT2D eigenvalue weighted by atomic mass is 14.7. The van der Waals surface area contributed by atoms with Crippen LogP contribution < -0.4 is 0 Å². The Morgan fingerprint density at radius 1 is 0.947 bits per heavy atom. The molecular weight excluding hydrogens is 232 g/mol. The molecule has 0 fully saturated rings. The van der Waals surface area contributed by atoms with Crippen LogP contribution in [0.25, 0.3) is 23.1 Å². The Morgan fingerprint density at radius 3 is 2.79 bits per heavy atom. The van der Waals surface area contributed by atoms with E-state index in [9.17, 15) is 0 Å². The summed E-state index contributed by atoms with van der Waals surface area (Å²) in [6.07, 6.45) is 11.9. The summed E-state index contributed by atoms with van der Waals surface area (Å²) < 4.78 is 0. The van der Waals surface area contributed by atoms with Crippen molar-refractivity contribution in [2.75, 3.05) is 0 Å². The first kappa shape index (κ1) is 11.5. The van der Waals surface area contributed by atoms with Crippen molar-refractivity contribution < 1.29 is 0 Å². The highest BCUT2D eigenvalue weighted by molar-refractivity contribution is 5.81. The lowest BCUT2D eigenvalue weighted by Gasteiger charge is -1.93. The van der Waals surface area contributed by atoms with Gasteiger partial charge in [-0.3, -0.25) is 4.98 Å². The van der Waals surface area contributed by atoms with Crippen LogP contribution in [0.3, 0.4) is 0 Å². The average molecular weight is 246 g/mol. The van der Waals surface area contributed by atoms with Gasteiger partial charge in [-0.15, -0.1) is 0 Å². The van der Waals surface area contributed by atoms with E-state index in [1.165, 1.54) is 10.9 Å². The first-order chi connectivity index (χ1) is 9.42. The molecule has 0 atom stereocenters. The summed E-state index contributed by atoms with van der Waals surface area (Å²) in [5, 5.41) is 1.24. The van der Waals surface area contributed by atoms with Crippen molar-refractivity contribution in [1.29, 1.82) is 0 Å². The van der Waals surface area contributed by atoms with E-state index in [0.29, 0.717) is 0 Å². The quantitative estimate of drug-likeness (QED) is 0.686. The monoisotopic (exact) mass is 246 g/mol. The Morgan fingerprint density at radius 2 is 1.89 bits per heavy atom. The average Bonchev–Trinajstić information content (AvgIpc) is 2.92. The van der Waals surface area contributed by atoms with Crippen LogP contribution in [-0.4, -0.2) is 9.97 Å². The Labute approximate surface area is 112 Å². The predicted molar refractivity (Wildman–Crippen MR) is 80.6 cm³/mol. The van der Waals surface area contributed by atoms with Gasteiger partial charge in [-0.25, -0.2) is 0 Å². The molecule has 0 bridgehead atoms. The van der Waals surface area contributed by atoms with Crippen LogP contribution in [0.5, 0.6) is 0 Å². The number of allylic oxidation sites excluding steroid dienone is 2. The van der Waals surface area contributed by atoms with E-state index in [1.54, 1.807) is 6.20 Å². The van der Waals surface area contributed by atoms with Gasteiger partial charge in [0.2, 0.25) is 0 Å². The molecule has 2 aromatic heterocycles. The third-order valence-electron chi connectivity index (χ3n) is 2.93. The summed E-state index contributed by atoms with van der Waals surface area (Å²) in [5.41, 5.74) is 3.31. The van der Waals surface area contributed by atoms with E-state index in [-0.39, 0.29) is 0 Å². The Kier molecular flexibility index (Phi) is 3.24. The fourth-order valence-electron chi connectivity index (χ4n) is 1.96. The zero-order chi connectivity index (χ0) is 12.9. The number of H-pyrrole nitrogens is 1. The molecule has 3 aromatic rings. The number of nitrogens with one attached hydrogen (secondary N) is 1. The number of hydrogen-bond acceptors (Lipinski definition) is 1. The van der Waals surface area contributed by atoms with Crippen LogP contribution in [0, 0.1) is 0 Å². The number of benzene rings is 1. The summed E-state index contributed by atoms with van der Waals surface area (Å²) in [6, 6.07) is 14.3. The lowest BCUT2D eigenvalue weighted by Crippen LogP contribution is -1.75. The van der Waals surface area contributed by atoms with Gasteiger partial charge in [-0.05, 0) is 41.3 Å². The fraction of sp³-hybridized carbons (Fsp3) is 0. The molecule has 0 saturated carbocycles. The number of pyridine rings is 1. The Balaban J connectivity index is 1.73. The molecule has 19 heavy (non-hydrogen) atoms. The molecule has 2 nitrogen and oxygen atoms in total. The third kappa shape index (κ3) is 2.80. The number of nitrogens with zero attached hydrogens (tertiary/aromatic N) is 1. The maximum Gasteiger partial charge on any atom is 0.0629 e. The number of hydrogen-bond donors (Lipinski definition) is 1. The molecule has 0 radical (unpaired) electrons. The van der Waals surface area contributed by atoms with Gasteiger partial charge in [0.25, 0.3) is 0 Å². The van der Waals surface area contributed by atoms with Crippen molar-refractivity contribution in [2.24, 2.45) is 0 Å². The van der Waals surface area contributed by atoms with Gasteiger partial charge >= 0.3 is 0 Å². The summed E-state index contributed by atoms with van der Waals surface area (Å²) in [4.78, 5) is 7.45. The molecule has 2 heterocycles. The van der Waals surface area contributed by atoms with E-state index < -0.39 is 0 Å².